The number of aromatic nitrogens is 2. The second kappa shape index (κ2) is 6.51. The fourth-order valence-electron chi connectivity index (χ4n) is 2.84. The van der Waals surface area contributed by atoms with Crippen LogP contribution in [0.4, 0.5) is 5.82 Å². The van der Waals surface area contributed by atoms with Crippen LogP contribution in [0.25, 0.3) is 10.9 Å². The summed E-state index contributed by atoms with van der Waals surface area (Å²) in [6.45, 7) is 5.23. The van der Waals surface area contributed by atoms with Gasteiger partial charge in [0.05, 0.1) is 25.7 Å². The van der Waals surface area contributed by atoms with Crippen LogP contribution in [0.1, 0.15) is 13.8 Å². The highest BCUT2D eigenvalue weighted by molar-refractivity contribution is 5.93. The summed E-state index contributed by atoms with van der Waals surface area (Å²) in [5.74, 6) is 2.18. The zero-order chi connectivity index (χ0) is 17.3. The average Bonchev–Trinajstić information content (AvgIpc) is 2.51. The van der Waals surface area contributed by atoms with E-state index in [9.17, 15) is 4.79 Å². The van der Waals surface area contributed by atoms with Crippen LogP contribution in [0.5, 0.6) is 11.5 Å². The number of carbonyl (C=O) groups excluding carboxylic acids is 1. The maximum Gasteiger partial charge on any atom is 0.226 e. The molecule has 3 rings (SSSR count). The van der Waals surface area contributed by atoms with Gasteiger partial charge in [0.15, 0.2) is 11.5 Å². The van der Waals surface area contributed by atoms with E-state index in [-0.39, 0.29) is 17.9 Å². The van der Waals surface area contributed by atoms with Crippen molar-refractivity contribution < 1.29 is 14.3 Å². The highest BCUT2D eigenvalue weighted by atomic mass is 16.5. The lowest BCUT2D eigenvalue weighted by molar-refractivity contribution is -0.126. The van der Waals surface area contributed by atoms with Crippen LogP contribution < -0.4 is 19.7 Å². The number of anilines is 1. The highest BCUT2D eigenvalue weighted by Crippen LogP contribution is 2.36. The molecule has 0 aliphatic carbocycles. The number of carbonyl (C=O) groups is 1. The minimum atomic E-state index is -0.00226. The van der Waals surface area contributed by atoms with Crippen molar-refractivity contribution in [2.45, 2.75) is 19.9 Å². The van der Waals surface area contributed by atoms with Crippen LogP contribution in [0.3, 0.4) is 0 Å². The Balaban J connectivity index is 1.85. The van der Waals surface area contributed by atoms with E-state index < -0.39 is 0 Å². The molecule has 0 atom stereocenters. The van der Waals surface area contributed by atoms with E-state index >= 15 is 0 Å². The summed E-state index contributed by atoms with van der Waals surface area (Å²) in [6.07, 6.45) is 1.53. The fourth-order valence-corrected chi connectivity index (χ4v) is 2.84. The molecule has 0 saturated carbocycles. The summed E-state index contributed by atoms with van der Waals surface area (Å²) in [4.78, 5) is 22.8. The summed E-state index contributed by atoms with van der Waals surface area (Å²) in [5, 5.41) is 3.84. The molecule has 7 heteroatoms. The standard InChI is InChI=1S/C17H22N4O3/c1-10(2)20-17(22)11-7-21(8-11)16-12-5-14(23-3)15(24-4)6-13(12)18-9-19-16/h5-6,9-11H,7-8H2,1-4H3,(H,20,22). The number of rotatable bonds is 5. The van der Waals surface area contributed by atoms with Gasteiger partial charge in [0.1, 0.15) is 12.1 Å². The number of methoxy groups -OCH3 is 2. The largest absolute Gasteiger partial charge is 0.493 e. The monoisotopic (exact) mass is 330 g/mol. The summed E-state index contributed by atoms with van der Waals surface area (Å²) in [7, 11) is 3.20. The smallest absolute Gasteiger partial charge is 0.226 e. The normalized spacial score (nSPS) is 14.6. The maximum absolute atomic E-state index is 12.1. The van der Waals surface area contributed by atoms with E-state index in [1.165, 1.54) is 6.33 Å². The number of fused-ring (bicyclic) bond motifs is 1. The quantitative estimate of drug-likeness (QED) is 0.897. The molecule has 2 aromatic rings. The van der Waals surface area contributed by atoms with E-state index in [0.717, 1.165) is 16.7 Å². The molecule has 128 valence electrons. The second-order valence-corrected chi connectivity index (χ2v) is 6.19. The molecular weight excluding hydrogens is 308 g/mol. The predicted molar refractivity (Wildman–Crippen MR) is 91.6 cm³/mol. The third kappa shape index (κ3) is 2.93. The molecule has 1 aliphatic heterocycles. The van der Waals surface area contributed by atoms with Crippen molar-refractivity contribution >= 4 is 22.6 Å². The Morgan fingerprint density at radius 3 is 2.50 bits per heavy atom. The van der Waals surface area contributed by atoms with Crippen molar-refractivity contribution in [2.75, 3.05) is 32.2 Å². The first-order chi connectivity index (χ1) is 11.5. The Morgan fingerprint density at radius 1 is 1.21 bits per heavy atom. The molecule has 1 aliphatic rings. The SMILES string of the molecule is COc1cc2ncnc(N3CC(C(=O)NC(C)C)C3)c2cc1OC. The van der Waals surface area contributed by atoms with Gasteiger partial charge in [-0.3, -0.25) is 4.79 Å². The zero-order valence-corrected chi connectivity index (χ0v) is 14.4. The molecule has 0 spiro atoms. The highest BCUT2D eigenvalue weighted by Gasteiger charge is 2.34. The van der Waals surface area contributed by atoms with Gasteiger partial charge in [-0.2, -0.15) is 0 Å². The summed E-state index contributed by atoms with van der Waals surface area (Å²) in [5.41, 5.74) is 0.785. The molecule has 0 radical (unpaired) electrons. The van der Waals surface area contributed by atoms with Crippen LogP contribution in [0, 0.1) is 5.92 Å². The molecule has 1 aromatic heterocycles. The predicted octanol–water partition coefficient (Wildman–Crippen LogP) is 1.61. The fraction of sp³-hybridized carbons (Fsp3) is 0.471. The van der Waals surface area contributed by atoms with E-state index in [0.29, 0.717) is 24.6 Å². The first kappa shape index (κ1) is 16.3. The Bertz CT molecular complexity index is 757. The molecule has 1 aromatic carbocycles. The maximum atomic E-state index is 12.1. The molecule has 7 nitrogen and oxygen atoms in total. The van der Waals surface area contributed by atoms with Crippen molar-refractivity contribution in [3.63, 3.8) is 0 Å². The van der Waals surface area contributed by atoms with Crippen LogP contribution >= 0.6 is 0 Å². The van der Waals surface area contributed by atoms with Crippen molar-refractivity contribution in [1.82, 2.24) is 15.3 Å². The molecule has 24 heavy (non-hydrogen) atoms. The Labute approximate surface area is 141 Å². The molecule has 1 fully saturated rings. The zero-order valence-electron chi connectivity index (χ0n) is 14.4. The molecular formula is C17H22N4O3. The Kier molecular flexibility index (Phi) is 4.42. The number of nitrogens with zero attached hydrogens (tertiary/aromatic N) is 3. The lowest BCUT2D eigenvalue weighted by Gasteiger charge is -2.39. The van der Waals surface area contributed by atoms with Crippen molar-refractivity contribution in [2.24, 2.45) is 5.92 Å². The number of benzene rings is 1. The number of hydrogen-bond acceptors (Lipinski definition) is 6. The molecule has 0 bridgehead atoms. The van der Waals surface area contributed by atoms with E-state index in [1.54, 1.807) is 14.2 Å². The average molecular weight is 330 g/mol. The molecule has 2 heterocycles. The third-order valence-corrected chi connectivity index (χ3v) is 4.10. The first-order valence-electron chi connectivity index (χ1n) is 7.95. The van der Waals surface area contributed by atoms with Gasteiger partial charge in [-0.05, 0) is 19.9 Å². The van der Waals surface area contributed by atoms with Crippen molar-refractivity contribution in [3.8, 4) is 11.5 Å². The summed E-state index contributed by atoms with van der Waals surface area (Å²) in [6, 6.07) is 3.87. The minimum absolute atomic E-state index is 0.00226. The van der Waals surface area contributed by atoms with E-state index in [4.69, 9.17) is 9.47 Å². The lowest BCUT2D eigenvalue weighted by atomic mass is 9.98. The van der Waals surface area contributed by atoms with Crippen LogP contribution in [-0.2, 0) is 4.79 Å². The number of nitrogens with one attached hydrogen (secondary N) is 1. The summed E-state index contributed by atoms with van der Waals surface area (Å²) < 4.78 is 10.7. The van der Waals surface area contributed by atoms with Gasteiger partial charge >= 0.3 is 0 Å². The minimum Gasteiger partial charge on any atom is -0.493 e. The molecule has 1 saturated heterocycles. The number of ether oxygens (including phenoxy) is 2. The topological polar surface area (TPSA) is 76.6 Å². The van der Waals surface area contributed by atoms with Crippen molar-refractivity contribution in [1.29, 1.82) is 0 Å². The van der Waals surface area contributed by atoms with Crippen LogP contribution in [0.2, 0.25) is 0 Å². The van der Waals surface area contributed by atoms with Gasteiger partial charge in [-0.25, -0.2) is 9.97 Å². The van der Waals surface area contributed by atoms with Gasteiger partial charge in [0.2, 0.25) is 5.91 Å². The van der Waals surface area contributed by atoms with Gasteiger partial charge < -0.3 is 19.7 Å². The van der Waals surface area contributed by atoms with Gasteiger partial charge in [0.25, 0.3) is 0 Å². The molecule has 0 unspecified atom stereocenters. The summed E-state index contributed by atoms with van der Waals surface area (Å²) >= 11 is 0. The molecule has 1 amide bonds. The first-order valence-corrected chi connectivity index (χ1v) is 7.95. The third-order valence-electron chi connectivity index (χ3n) is 4.10. The lowest BCUT2D eigenvalue weighted by Crippen LogP contribution is -2.55. The number of amides is 1. The van der Waals surface area contributed by atoms with Gasteiger partial charge in [-0.15, -0.1) is 0 Å². The Morgan fingerprint density at radius 2 is 1.88 bits per heavy atom. The van der Waals surface area contributed by atoms with Gasteiger partial charge in [0, 0.05) is 30.6 Å². The van der Waals surface area contributed by atoms with E-state index in [1.807, 2.05) is 26.0 Å². The van der Waals surface area contributed by atoms with E-state index in [2.05, 4.69) is 20.2 Å². The number of hydrogen-bond donors (Lipinski definition) is 1. The second-order valence-electron chi connectivity index (χ2n) is 6.19. The van der Waals surface area contributed by atoms with Crippen LogP contribution in [0.15, 0.2) is 18.5 Å². The van der Waals surface area contributed by atoms with Gasteiger partial charge in [-0.1, -0.05) is 0 Å². The molecule has 1 N–H and O–H groups in total. The van der Waals surface area contributed by atoms with Crippen molar-refractivity contribution in [3.05, 3.63) is 18.5 Å². The van der Waals surface area contributed by atoms with Crippen LogP contribution in [-0.4, -0.2) is 49.2 Å². The Hall–Kier alpha value is -2.57.